The van der Waals surface area contributed by atoms with Crippen molar-refractivity contribution in [1.82, 2.24) is 0 Å². The molecule has 0 radical (unpaired) electrons. The lowest BCUT2D eigenvalue weighted by Gasteiger charge is -2.12. The van der Waals surface area contributed by atoms with Crippen molar-refractivity contribution in [2.75, 3.05) is 7.11 Å². The molecule has 0 heterocycles. The van der Waals surface area contributed by atoms with Gasteiger partial charge in [0.1, 0.15) is 18.1 Å². The average molecular weight is 313 g/mol. The number of methoxy groups -OCH3 is 1. The van der Waals surface area contributed by atoms with Gasteiger partial charge >= 0.3 is 0 Å². The molecule has 0 saturated heterocycles. The van der Waals surface area contributed by atoms with E-state index in [1.807, 2.05) is 6.07 Å². The van der Waals surface area contributed by atoms with E-state index in [1.54, 1.807) is 37.4 Å². The van der Waals surface area contributed by atoms with Gasteiger partial charge in [-0.15, -0.1) is 0 Å². The third-order valence-electron chi connectivity index (χ3n) is 2.82. The van der Waals surface area contributed by atoms with Crippen LogP contribution in [-0.4, -0.2) is 12.2 Å². The predicted molar refractivity (Wildman–Crippen MR) is 79.7 cm³/mol. The van der Waals surface area contributed by atoms with E-state index in [2.05, 4.69) is 0 Å². The van der Waals surface area contributed by atoms with Crippen molar-refractivity contribution >= 4 is 23.2 Å². The number of rotatable bonds is 5. The molecule has 106 valence electrons. The van der Waals surface area contributed by atoms with Gasteiger partial charge in [0.15, 0.2) is 0 Å². The van der Waals surface area contributed by atoms with Crippen molar-refractivity contribution in [3.63, 3.8) is 0 Å². The van der Waals surface area contributed by atoms with E-state index in [0.29, 0.717) is 33.7 Å². The molecule has 20 heavy (non-hydrogen) atoms. The molecule has 0 fully saturated rings. The first-order chi connectivity index (χ1) is 9.63. The van der Waals surface area contributed by atoms with E-state index in [-0.39, 0.29) is 6.61 Å². The Hall–Kier alpha value is -1.42. The summed E-state index contributed by atoms with van der Waals surface area (Å²) in [5, 5.41) is 10.3. The fourth-order valence-corrected chi connectivity index (χ4v) is 2.06. The summed E-state index contributed by atoms with van der Waals surface area (Å²) >= 11 is 11.8. The van der Waals surface area contributed by atoms with Crippen LogP contribution in [-0.2, 0) is 13.2 Å². The van der Waals surface area contributed by atoms with E-state index in [9.17, 15) is 5.11 Å². The molecule has 1 N–H and O–H groups in total. The fourth-order valence-electron chi connectivity index (χ4n) is 1.74. The minimum atomic E-state index is -0.117. The average Bonchev–Trinajstić information content (AvgIpc) is 2.48. The van der Waals surface area contributed by atoms with Gasteiger partial charge in [-0.05, 0) is 35.9 Å². The summed E-state index contributed by atoms with van der Waals surface area (Å²) in [6.07, 6.45) is 0. The number of ether oxygens (including phenoxy) is 2. The summed E-state index contributed by atoms with van der Waals surface area (Å²) in [5.41, 5.74) is 1.57. The Morgan fingerprint density at radius 2 is 1.85 bits per heavy atom. The van der Waals surface area contributed by atoms with Crippen molar-refractivity contribution in [3.05, 3.63) is 57.6 Å². The second-order valence-corrected chi connectivity index (χ2v) is 4.98. The predicted octanol–water partition coefficient (Wildman–Crippen LogP) is 4.07. The third kappa shape index (κ3) is 3.57. The van der Waals surface area contributed by atoms with E-state index in [0.717, 1.165) is 5.56 Å². The van der Waals surface area contributed by atoms with E-state index in [4.69, 9.17) is 32.7 Å². The van der Waals surface area contributed by atoms with Gasteiger partial charge in [0, 0.05) is 5.56 Å². The summed E-state index contributed by atoms with van der Waals surface area (Å²) in [4.78, 5) is 0. The third-order valence-corrected chi connectivity index (χ3v) is 3.56. The van der Waals surface area contributed by atoms with Crippen LogP contribution in [0.3, 0.4) is 0 Å². The molecule has 0 spiro atoms. The van der Waals surface area contributed by atoms with Crippen LogP contribution >= 0.6 is 23.2 Å². The molecule has 0 aliphatic heterocycles. The first-order valence-electron chi connectivity index (χ1n) is 5.98. The van der Waals surface area contributed by atoms with Crippen molar-refractivity contribution < 1.29 is 14.6 Å². The van der Waals surface area contributed by atoms with Crippen molar-refractivity contribution in [2.24, 2.45) is 0 Å². The van der Waals surface area contributed by atoms with Crippen LogP contribution in [0.4, 0.5) is 0 Å². The van der Waals surface area contributed by atoms with Gasteiger partial charge in [-0.3, -0.25) is 0 Å². The number of aliphatic hydroxyl groups is 1. The molecule has 2 aromatic carbocycles. The van der Waals surface area contributed by atoms with Crippen molar-refractivity contribution in [2.45, 2.75) is 13.2 Å². The highest BCUT2D eigenvalue weighted by atomic mass is 35.5. The first-order valence-corrected chi connectivity index (χ1v) is 6.74. The lowest BCUT2D eigenvalue weighted by Crippen LogP contribution is -1.99. The zero-order valence-electron chi connectivity index (χ0n) is 10.9. The van der Waals surface area contributed by atoms with Crippen LogP contribution in [0.5, 0.6) is 11.5 Å². The number of aliphatic hydroxyl groups excluding tert-OH is 1. The molecule has 0 saturated carbocycles. The summed E-state index contributed by atoms with van der Waals surface area (Å²) < 4.78 is 10.8. The lowest BCUT2D eigenvalue weighted by molar-refractivity contribution is 0.258. The zero-order chi connectivity index (χ0) is 14.5. The van der Waals surface area contributed by atoms with E-state index >= 15 is 0 Å². The van der Waals surface area contributed by atoms with Crippen molar-refractivity contribution in [3.8, 4) is 11.5 Å². The Balaban J connectivity index is 2.12. The summed E-state index contributed by atoms with van der Waals surface area (Å²) in [7, 11) is 1.58. The minimum Gasteiger partial charge on any atom is -0.497 e. The van der Waals surface area contributed by atoms with Crippen LogP contribution in [0.2, 0.25) is 10.0 Å². The van der Waals surface area contributed by atoms with Gasteiger partial charge in [-0.1, -0.05) is 29.3 Å². The molecule has 0 atom stereocenters. The van der Waals surface area contributed by atoms with E-state index < -0.39 is 0 Å². The van der Waals surface area contributed by atoms with Gasteiger partial charge in [0.25, 0.3) is 0 Å². The standard InChI is InChI=1S/C15H14Cl2O3/c1-19-12-3-5-15(11(7-12)8-18)20-9-10-2-4-13(16)14(17)6-10/h2-7,18H,8-9H2,1H3. The highest BCUT2D eigenvalue weighted by Gasteiger charge is 2.06. The van der Waals surface area contributed by atoms with Gasteiger partial charge in [0.05, 0.1) is 23.8 Å². The normalized spacial score (nSPS) is 10.4. The zero-order valence-corrected chi connectivity index (χ0v) is 12.4. The Kier molecular flexibility index (Phi) is 5.12. The summed E-state index contributed by atoms with van der Waals surface area (Å²) in [5.74, 6) is 1.29. The summed E-state index contributed by atoms with van der Waals surface area (Å²) in [6, 6.07) is 10.6. The molecular formula is C15H14Cl2O3. The fraction of sp³-hybridized carbons (Fsp3) is 0.200. The molecule has 5 heteroatoms. The van der Waals surface area contributed by atoms with Crippen LogP contribution < -0.4 is 9.47 Å². The Morgan fingerprint density at radius 1 is 1.05 bits per heavy atom. The monoisotopic (exact) mass is 312 g/mol. The lowest BCUT2D eigenvalue weighted by atomic mass is 10.2. The van der Waals surface area contributed by atoms with Gasteiger partial charge in [0.2, 0.25) is 0 Å². The molecule has 0 bridgehead atoms. The first kappa shape index (κ1) is 15.0. The molecule has 2 aromatic rings. The Bertz CT molecular complexity index is 600. The van der Waals surface area contributed by atoms with E-state index in [1.165, 1.54) is 0 Å². The highest BCUT2D eigenvalue weighted by Crippen LogP contribution is 2.26. The largest absolute Gasteiger partial charge is 0.497 e. The Labute approximate surface area is 127 Å². The smallest absolute Gasteiger partial charge is 0.125 e. The van der Waals surface area contributed by atoms with Crippen LogP contribution in [0.15, 0.2) is 36.4 Å². The SMILES string of the molecule is COc1ccc(OCc2ccc(Cl)c(Cl)c2)c(CO)c1. The molecule has 0 aliphatic rings. The van der Waals surface area contributed by atoms with Crippen LogP contribution in [0.1, 0.15) is 11.1 Å². The quantitative estimate of drug-likeness (QED) is 0.904. The van der Waals surface area contributed by atoms with Gasteiger partial charge < -0.3 is 14.6 Å². The topological polar surface area (TPSA) is 38.7 Å². The van der Waals surface area contributed by atoms with Gasteiger partial charge in [-0.2, -0.15) is 0 Å². The maximum Gasteiger partial charge on any atom is 0.125 e. The number of hydrogen-bond donors (Lipinski definition) is 1. The molecule has 2 rings (SSSR count). The maximum absolute atomic E-state index is 9.34. The second kappa shape index (κ2) is 6.84. The second-order valence-electron chi connectivity index (χ2n) is 4.17. The molecule has 3 nitrogen and oxygen atoms in total. The van der Waals surface area contributed by atoms with Gasteiger partial charge in [-0.25, -0.2) is 0 Å². The number of halogens is 2. The minimum absolute atomic E-state index is 0.117. The van der Waals surface area contributed by atoms with Crippen molar-refractivity contribution in [1.29, 1.82) is 0 Å². The van der Waals surface area contributed by atoms with Crippen LogP contribution in [0, 0.1) is 0 Å². The molecule has 0 amide bonds. The number of benzene rings is 2. The summed E-state index contributed by atoms with van der Waals surface area (Å²) in [6.45, 7) is 0.226. The maximum atomic E-state index is 9.34. The highest BCUT2D eigenvalue weighted by molar-refractivity contribution is 6.42. The molecule has 0 aliphatic carbocycles. The molecular weight excluding hydrogens is 299 g/mol. The van der Waals surface area contributed by atoms with Crippen LogP contribution in [0.25, 0.3) is 0 Å². The Morgan fingerprint density at radius 3 is 2.50 bits per heavy atom. The molecule has 0 aromatic heterocycles. The number of hydrogen-bond acceptors (Lipinski definition) is 3. The molecule has 0 unspecified atom stereocenters.